The summed E-state index contributed by atoms with van der Waals surface area (Å²) in [6.07, 6.45) is 2.44. The Morgan fingerprint density at radius 2 is 2.00 bits per heavy atom. The minimum absolute atomic E-state index is 0.567. The Balaban J connectivity index is 1.76. The average molecular weight is 249 g/mol. The third-order valence-electron chi connectivity index (χ3n) is 3.48. The SMILES string of the molecule is CC(O)(CNC1CC1)c1ccc2c(c1)OCCO2. The Kier molecular flexibility index (Phi) is 2.92. The van der Waals surface area contributed by atoms with Gasteiger partial charge in [0.2, 0.25) is 0 Å². The lowest BCUT2D eigenvalue weighted by Crippen LogP contribution is -2.36. The zero-order valence-corrected chi connectivity index (χ0v) is 10.6. The number of rotatable bonds is 4. The molecule has 0 radical (unpaired) electrons. The molecular formula is C14H19NO3. The fraction of sp³-hybridized carbons (Fsp3) is 0.571. The van der Waals surface area contributed by atoms with Gasteiger partial charge in [0.15, 0.2) is 11.5 Å². The first-order valence-electron chi connectivity index (χ1n) is 6.51. The Labute approximate surface area is 107 Å². The number of ether oxygens (including phenoxy) is 2. The van der Waals surface area contributed by atoms with Crippen molar-refractivity contribution in [3.63, 3.8) is 0 Å². The molecule has 1 heterocycles. The largest absolute Gasteiger partial charge is 0.486 e. The molecule has 2 N–H and O–H groups in total. The normalized spacial score (nSPS) is 21.4. The minimum Gasteiger partial charge on any atom is -0.486 e. The molecule has 0 spiro atoms. The monoisotopic (exact) mass is 249 g/mol. The summed E-state index contributed by atoms with van der Waals surface area (Å²) in [6, 6.07) is 6.24. The molecule has 4 heteroatoms. The lowest BCUT2D eigenvalue weighted by Gasteiger charge is -2.26. The molecule has 98 valence electrons. The summed E-state index contributed by atoms with van der Waals surface area (Å²) in [5.41, 5.74) is -0.0155. The average Bonchev–Trinajstić information content (AvgIpc) is 3.20. The molecule has 18 heavy (non-hydrogen) atoms. The second kappa shape index (κ2) is 4.44. The van der Waals surface area contributed by atoms with Crippen LogP contribution in [0.15, 0.2) is 18.2 Å². The molecule has 0 bridgehead atoms. The standard InChI is InChI=1S/C14H19NO3/c1-14(16,9-15-11-3-4-11)10-2-5-12-13(8-10)18-7-6-17-12/h2,5,8,11,15-16H,3-4,6-7,9H2,1H3. The summed E-state index contributed by atoms with van der Waals surface area (Å²) < 4.78 is 11.0. The number of hydrogen-bond acceptors (Lipinski definition) is 4. The second-order valence-electron chi connectivity index (χ2n) is 5.29. The highest BCUT2D eigenvalue weighted by atomic mass is 16.6. The summed E-state index contributed by atoms with van der Waals surface area (Å²) in [7, 11) is 0. The van der Waals surface area contributed by atoms with Gasteiger partial charge in [0.25, 0.3) is 0 Å². The molecule has 0 saturated heterocycles. The molecule has 1 aromatic carbocycles. The van der Waals surface area contributed by atoms with Crippen molar-refractivity contribution < 1.29 is 14.6 Å². The van der Waals surface area contributed by atoms with Gasteiger partial charge in [-0.3, -0.25) is 0 Å². The highest BCUT2D eigenvalue weighted by Crippen LogP contribution is 2.34. The van der Waals surface area contributed by atoms with E-state index in [0.717, 1.165) is 17.1 Å². The first-order chi connectivity index (χ1) is 8.65. The summed E-state index contributed by atoms with van der Waals surface area (Å²) in [5, 5.41) is 13.9. The number of aliphatic hydroxyl groups is 1. The maximum absolute atomic E-state index is 10.5. The number of benzene rings is 1. The molecular weight excluding hydrogens is 230 g/mol. The first kappa shape index (κ1) is 11.8. The van der Waals surface area contributed by atoms with E-state index in [9.17, 15) is 5.11 Å². The lowest BCUT2D eigenvalue weighted by atomic mass is 9.95. The van der Waals surface area contributed by atoms with Crippen molar-refractivity contribution in [1.82, 2.24) is 5.32 Å². The fourth-order valence-electron chi connectivity index (χ4n) is 2.11. The quantitative estimate of drug-likeness (QED) is 0.847. The van der Waals surface area contributed by atoms with Gasteiger partial charge in [0, 0.05) is 12.6 Å². The zero-order valence-electron chi connectivity index (χ0n) is 10.6. The van der Waals surface area contributed by atoms with Crippen LogP contribution in [0.4, 0.5) is 0 Å². The molecule has 1 aliphatic heterocycles. The predicted octanol–water partition coefficient (Wildman–Crippen LogP) is 1.42. The van der Waals surface area contributed by atoms with Crippen molar-refractivity contribution in [3.8, 4) is 11.5 Å². The predicted molar refractivity (Wildman–Crippen MR) is 68.0 cm³/mol. The Hall–Kier alpha value is -1.26. The zero-order chi connectivity index (χ0) is 12.6. The van der Waals surface area contributed by atoms with Crippen molar-refractivity contribution in [2.45, 2.75) is 31.4 Å². The van der Waals surface area contributed by atoms with Crippen LogP contribution < -0.4 is 14.8 Å². The van der Waals surface area contributed by atoms with Gasteiger partial charge in [-0.2, -0.15) is 0 Å². The Morgan fingerprint density at radius 3 is 2.72 bits per heavy atom. The topological polar surface area (TPSA) is 50.7 Å². The van der Waals surface area contributed by atoms with Gasteiger partial charge in [-0.1, -0.05) is 6.07 Å². The van der Waals surface area contributed by atoms with Crippen LogP contribution in [0.25, 0.3) is 0 Å². The van der Waals surface area contributed by atoms with Crippen LogP contribution in [-0.4, -0.2) is 30.9 Å². The van der Waals surface area contributed by atoms with Gasteiger partial charge in [0.1, 0.15) is 13.2 Å². The minimum atomic E-state index is -0.877. The molecule has 1 unspecified atom stereocenters. The highest BCUT2D eigenvalue weighted by molar-refractivity contribution is 5.45. The van der Waals surface area contributed by atoms with Gasteiger partial charge in [-0.25, -0.2) is 0 Å². The van der Waals surface area contributed by atoms with Crippen LogP contribution >= 0.6 is 0 Å². The molecule has 1 aliphatic carbocycles. The van der Waals surface area contributed by atoms with Crippen molar-refractivity contribution in [2.24, 2.45) is 0 Å². The van der Waals surface area contributed by atoms with E-state index in [0.29, 0.717) is 25.8 Å². The van der Waals surface area contributed by atoms with Crippen molar-refractivity contribution >= 4 is 0 Å². The maximum atomic E-state index is 10.5. The van der Waals surface area contributed by atoms with Crippen molar-refractivity contribution in [3.05, 3.63) is 23.8 Å². The molecule has 3 rings (SSSR count). The van der Waals surface area contributed by atoms with Crippen LogP contribution in [0.3, 0.4) is 0 Å². The summed E-state index contributed by atoms with van der Waals surface area (Å²) in [6.45, 7) is 3.55. The van der Waals surface area contributed by atoms with E-state index in [1.165, 1.54) is 12.8 Å². The van der Waals surface area contributed by atoms with Gasteiger partial charge >= 0.3 is 0 Å². The maximum Gasteiger partial charge on any atom is 0.161 e. The van der Waals surface area contributed by atoms with E-state index in [-0.39, 0.29) is 0 Å². The fourth-order valence-corrected chi connectivity index (χ4v) is 2.11. The molecule has 1 aromatic rings. The van der Waals surface area contributed by atoms with E-state index in [4.69, 9.17) is 9.47 Å². The van der Waals surface area contributed by atoms with Crippen LogP contribution in [0.5, 0.6) is 11.5 Å². The van der Waals surface area contributed by atoms with Gasteiger partial charge < -0.3 is 19.9 Å². The van der Waals surface area contributed by atoms with Crippen LogP contribution in [0, 0.1) is 0 Å². The molecule has 2 aliphatic rings. The van der Waals surface area contributed by atoms with Crippen LogP contribution in [-0.2, 0) is 5.60 Å². The van der Waals surface area contributed by atoms with Crippen molar-refractivity contribution in [1.29, 1.82) is 0 Å². The van der Waals surface area contributed by atoms with E-state index >= 15 is 0 Å². The van der Waals surface area contributed by atoms with E-state index in [1.807, 2.05) is 25.1 Å². The Bertz CT molecular complexity index is 441. The molecule has 0 aromatic heterocycles. The van der Waals surface area contributed by atoms with Gasteiger partial charge in [-0.15, -0.1) is 0 Å². The van der Waals surface area contributed by atoms with Gasteiger partial charge in [0.05, 0.1) is 5.60 Å². The number of fused-ring (bicyclic) bond motifs is 1. The third kappa shape index (κ3) is 2.44. The van der Waals surface area contributed by atoms with E-state index in [2.05, 4.69) is 5.32 Å². The van der Waals surface area contributed by atoms with E-state index in [1.54, 1.807) is 0 Å². The lowest BCUT2D eigenvalue weighted by molar-refractivity contribution is 0.0559. The first-order valence-corrected chi connectivity index (χ1v) is 6.51. The molecule has 1 atom stereocenters. The summed E-state index contributed by atoms with van der Waals surface area (Å²) in [5.74, 6) is 1.49. The van der Waals surface area contributed by atoms with Gasteiger partial charge in [-0.05, 0) is 37.5 Å². The number of nitrogens with one attached hydrogen (secondary N) is 1. The van der Waals surface area contributed by atoms with E-state index < -0.39 is 5.60 Å². The molecule has 1 saturated carbocycles. The summed E-state index contributed by atoms with van der Waals surface area (Å²) >= 11 is 0. The smallest absolute Gasteiger partial charge is 0.161 e. The Morgan fingerprint density at radius 1 is 1.28 bits per heavy atom. The van der Waals surface area contributed by atoms with Crippen LogP contribution in [0.2, 0.25) is 0 Å². The molecule has 4 nitrogen and oxygen atoms in total. The molecule has 1 fully saturated rings. The van der Waals surface area contributed by atoms with Crippen molar-refractivity contribution in [2.75, 3.05) is 19.8 Å². The molecule has 0 amide bonds. The highest BCUT2D eigenvalue weighted by Gasteiger charge is 2.29. The second-order valence-corrected chi connectivity index (χ2v) is 5.29. The third-order valence-corrected chi connectivity index (χ3v) is 3.48. The number of hydrogen-bond donors (Lipinski definition) is 2. The van der Waals surface area contributed by atoms with Crippen LogP contribution in [0.1, 0.15) is 25.3 Å². The summed E-state index contributed by atoms with van der Waals surface area (Å²) in [4.78, 5) is 0.